The lowest BCUT2D eigenvalue weighted by Gasteiger charge is -2.17. The molecule has 0 saturated heterocycles. The lowest BCUT2D eigenvalue weighted by atomic mass is 10.3. The van der Waals surface area contributed by atoms with E-state index in [1.165, 1.54) is 11.3 Å². The van der Waals surface area contributed by atoms with Crippen molar-refractivity contribution in [3.63, 3.8) is 0 Å². The molecule has 0 radical (unpaired) electrons. The highest BCUT2D eigenvalue weighted by Crippen LogP contribution is 2.40. The van der Waals surface area contributed by atoms with Gasteiger partial charge in [-0.15, -0.1) is 0 Å². The maximum absolute atomic E-state index is 11.9. The monoisotopic (exact) mass is 290 g/mol. The third-order valence-electron chi connectivity index (χ3n) is 3.73. The number of hydrogen-bond donors (Lipinski definition) is 1. The van der Waals surface area contributed by atoms with Crippen molar-refractivity contribution in [1.82, 2.24) is 4.98 Å². The molecule has 4 rings (SSSR count). The zero-order chi connectivity index (χ0) is 13.7. The number of anilines is 1. The topological polar surface area (TPSA) is 60.5 Å². The summed E-state index contributed by atoms with van der Waals surface area (Å²) >= 11 is 1.47. The molecule has 5 nitrogen and oxygen atoms in total. The van der Waals surface area contributed by atoms with E-state index in [-0.39, 0.29) is 11.8 Å². The summed E-state index contributed by atoms with van der Waals surface area (Å²) in [5.41, 5.74) is 0.832. The molecular formula is C14H14N2O3S. The Kier molecular flexibility index (Phi) is 2.60. The van der Waals surface area contributed by atoms with Gasteiger partial charge in [-0.2, -0.15) is 0 Å². The summed E-state index contributed by atoms with van der Waals surface area (Å²) in [5, 5.41) is 3.55. The van der Waals surface area contributed by atoms with Crippen molar-refractivity contribution < 1.29 is 14.3 Å². The molecule has 1 N–H and O–H groups in total. The number of thiazole rings is 1. The molecule has 20 heavy (non-hydrogen) atoms. The lowest BCUT2D eigenvalue weighted by Crippen LogP contribution is -2.15. The van der Waals surface area contributed by atoms with E-state index >= 15 is 0 Å². The van der Waals surface area contributed by atoms with Crippen LogP contribution in [0, 0.1) is 11.8 Å². The van der Waals surface area contributed by atoms with Gasteiger partial charge in [0.25, 0.3) is 0 Å². The molecule has 2 unspecified atom stereocenters. The Hall–Kier alpha value is -1.82. The number of carbonyl (C=O) groups excluding carboxylic acids is 1. The van der Waals surface area contributed by atoms with Gasteiger partial charge in [-0.1, -0.05) is 18.3 Å². The minimum absolute atomic E-state index is 0.0776. The molecule has 1 aliphatic carbocycles. The summed E-state index contributed by atoms with van der Waals surface area (Å²) in [4.78, 5) is 16.4. The van der Waals surface area contributed by atoms with Crippen molar-refractivity contribution in [1.29, 1.82) is 0 Å². The molecule has 2 atom stereocenters. The average Bonchev–Trinajstić information content (AvgIpc) is 3.04. The largest absolute Gasteiger partial charge is 0.486 e. The number of aromatic nitrogens is 1. The normalized spacial score (nSPS) is 23.6. The van der Waals surface area contributed by atoms with E-state index < -0.39 is 0 Å². The Labute approximate surface area is 119 Å². The van der Waals surface area contributed by atoms with Crippen molar-refractivity contribution >= 4 is 32.6 Å². The van der Waals surface area contributed by atoms with Crippen LogP contribution in [0.2, 0.25) is 0 Å². The van der Waals surface area contributed by atoms with E-state index in [1.54, 1.807) is 0 Å². The number of carbonyl (C=O) groups is 1. The fourth-order valence-corrected chi connectivity index (χ4v) is 3.28. The minimum atomic E-state index is 0.0776. The fraction of sp³-hybridized carbons (Fsp3) is 0.429. The van der Waals surface area contributed by atoms with Gasteiger partial charge in [0.1, 0.15) is 13.2 Å². The van der Waals surface area contributed by atoms with Crippen LogP contribution < -0.4 is 14.8 Å². The molecule has 0 spiro atoms. The van der Waals surface area contributed by atoms with Crippen LogP contribution in [0.3, 0.4) is 0 Å². The number of benzene rings is 1. The number of rotatable bonds is 2. The Balaban J connectivity index is 1.63. The Morgan fingerprint density at radius 1 is 1.35 bits per heavy atom. The highest BCUT2D eigenvalue weighted by Gasteiger charge is 2.39. The van der Waals surface area contributed by atoms with Gasteiger partial charge in [0.2, 0.25) is 5.91 Å². The predicted molar refractivity (Wildman–Crippen MR) is 76.5 cm³/mol. The number of nitrogens with zero attached hydrogens (tertiary/aromatic N) is 1. The molecule has 6 heteroatoms. The summed E-state index contributed by atoms with van der Waals surface area (Å²) in [7, 11) is 0. The smallest absolute Gasteiger partial charge is 0.229 e. The zero-order valence-corrected chi connectivity index (χ0v) is 11.8. The second-order valence-electron chi connectivity index (χ2n) is 5.29. The van der Waals surface area contributed by atoms with Gasteiger partial charge in [-0.25, -0.2) is 4.98 Å². The maximum Gasteiger partial charge on any atom is 0.229 e. The Bertz CT molecular complexity index is 654. The van der Waals surface area contributed by atoms with E-state index in [9.17, 15) is 4.79 Å². The molecule has 0 bridgehead atoms. The van der Waals surface area contributed by atoms with Crippen LogP contribution in [-0.4, -0.2) is 24.1 Å². The maximum atomic E-state index is 11.9. The lowest BCUT2D eigenvalue weighted by molar-refractivity contribution is -0.117. The van der Waals surface area contributed by atoms with Crippen LogP contribution in [0.4, 0.5) is 5.13 Å². The van der Waals surface area contributed by atoms with Crippen molar-refractivity contribution in [3.8, 4) is 11.5 Å². The first-order valence-corrected chi connectivity index (χ1v) is 7.53. The van der Waals surface area contributed by atoms with E-state index in [2.05, 4.69) is 17.2 Å². The SMILES string of the molecule is CC1CC1C(=O)Nc1nc2cc3c(cc2s1)OCCO3. The van der Waals surface area contributed by atoms with Gasteiger partial charge in [-0.3, -0.25) is 4.79 Å². The van der Waals surface area contributed by atoms with E-state index in [0.717, 1.165) is 28.1 Å². The van der Waals surface area contributed by atoms with Crippen LogP contribution in [0.5, 0.6) is 11.5 Å². The van der Waals surface area contributed by atoms with E-state index in [4.69, 9.17) is 9.47 Å². The number of fused-ring (bicyclic) bond motifs is 2. The molecule has 2 heterocycles. The number of amides is 1. The summed E-state index contributed by atoms with van der Waals surface area (Å²) in [6, 6.07) is 3.80. The van der Waals surface area contributed by atoms with Gasteiger partial charge in [0.15, 0.2) is 16.6 Å². The van der Waals surface area contributed by atoms with Crippen molar-refractivity contribution in [2.75, 3.05) is 18.5 Å². The standard InChI is InChI=1S/C14H14N2O3S/c1-7-4-8(7)13(17)16-14-15-9-5-10-11(6-12(9)20-14)19-3-2-18-10/h5-8H,2-4H2,1H3,(H,15,16,17). The molecule has 1 saturated carbocycles. The van der Waals surface area contributed by atoms with Crippen molar-refractivity contribution in [2.45, 2.75) is 13.3 Å². The molecular weight excluding hydrogens is 276 g/mol. The van der Waals surface area contributed by atoms with Crippen molar-refractivity contribution in [2.24, 2.45) is 11.8 Å². The highest BCUT2D eigenvalue weighted by molar-refractivity contribution is 7.22. The van der Waals surface area contributed by atoms with Gasteiger partial charge < -0.3 is 14.8 Å². The number of hydrogen-bond acceptors (Lipinski definition) is 5. The quantitative estimate of drug-likeness (QED) is 0.923. The van der Waals surface area contributed by atoms with Crippen LogP contribution in [0.25, 0.3) is 10.2 Å². The Morgan fingerprint density at radius 3 is 2.75 bits per heavy atom. The van der Waals surface area contributed by atoms with Crippen LogP contribution in [0.15, 0.2) is 12.1 Å². The summed E-state index contributed by atoms with van der Waals surface area (Å²) < 4.78 is 12.1. The average molecular weight is 290 g/mol. The summed E-state index contributed by atoms with van der Waals surface area (Å²) in [5.74, 6) is 2.21. The van der Waals surface area contributed by atoms with E-state index in [0.29, 0.717) is 24.3 Å². The predicted octanol–water partition coefficient (Wildman–Crippen LogP) is 2.66. The second kappa shape index (κ2) is 4.34. The Morgan fingerprint density at radius 2 is 2.05 bits per heavy atom. The molecule has 2 aliphatic rings. The molecule has 1 aliphatic heterocycles. The highest BCUT2D eigenvalue weighted by atomic mass is 32.1. The first kappa shape index (κ1) is 12.0. The van der Waals surface area contributed by atoms with Gasteiger partial charge in [0, 0.05) is 18.1 Å². The van der Waals surface area contributed by atoms with Crippen LogP contribution in [-0.2, 0) is 4.79 Å². The number of ether oxygens (including phenoxy) is 2. The van der Waals surface area contributed by atoms with Gasteiger partial charge >= 0.3 is 0 Å². The fourth-order valence-electron chi connectivity index (χ4n) is 2.40. The van der Waals surface area contributed by atoms with Gasteiger partial charge in [0.05, 0.1) is 10.2 Å². The van der Waals surface area contributed by atoms with Crippen LogP contribution >= 0.6 is 11.3 Å². The first-order chi connectivity index (χ1) is 9.70. The molecule has 1 aromatic carbocycles. The van der Waals surface area contributed by atoms with Crippen LogP contribution in [0.1, 0.15) is 13.3 Å². The summed E-state index contributed by atoms with van der Waals surface area (Å²) in [6.45, 7) is 3.22. The summed E-state index contributed by atoms with van der Waals surface area (Å²) in [6.07, 6.45) is 0.979. The first-order valence-electron chi connectivity index (χ1n) is 6.72. The van der Waals surface area contributed by atoms with E-state index in [1.807, 2.05) is 12.1 Å². The molecule has 2 aromatic rings. The second-order valence-corrected chi connectivity index (χ2v) is 6.32. The number of nitrogens with one attached hydrogen (secondary N) is 1. The third kappa shape index (κ3) is 2.00. The van der Waals surface area contributed by atoms with Crippen molar-refractivity contribution in [3.05, 3.63) is 12.1 Å². The third-order valence-corrected chi connectivity index (χ3v) is 4.66. The molecule has 1 fully saturated rings. The minimum Gasteiger partial charge on any atom is -0.486 e. The molecule has 104 valence electrons. The molecule has 1 aromatic heterocycles. The molecule has 1 amide bonds. The van der Waals surface area contributed by atoms with Gasteiger partial charge in [-0.05, 0) is 12.3 Å². The zero-order valence-electron chi connectivity index (χ0n) is 11.0.